The number of rotatable bonds is 3. The third-order valence-corrected chi connectivity index (χ3v) is 2.20. The van der Waals surface area contributed by atoms with E-state index < -0.39 is 12.0 Å². The van der Waals surface area contributed by atoms with Gasteiger partial charge in [-0.25, -0.2) is 0 Å². The Labute approximate surface area is 101 Å². The highest BCUT2D eigenvalue weighted by Crippen LogP contribution is 2.28. The normalized spacial score (nSPS) is 10.9. The van der Waals surface area contributed by atoms with Crippen molar-refractivity contribution < 1.29 is 17.9 Å². The van der Waals surface area contributed by atoms with Crippen molar-refractivity contribution in [3.63, 3.8) is 0 Å². The molecule has 0 aromatic heterocycles. The number of methoxy groups -OCH3 is 1. The molecule has 8 heteroatoms. The van der Waals surface area contributed by atoms with E-state index in [1.807, 2.05) is 0 Å². The average molecular weight is 260 g/mol. The first-order chi connectivity index (χ1) is 8.31. The van der Waals surface area contributed by atoms with Crippen LogP contribution < -0.4 is 9.75 Å². The Morgan fingerprint density at radius 3 is 2.39 bits per heavy atom. The van der Waals surface area contributed by atoms with Gasteiger partial charge in [0.15, 0.2) is 0 Å². The van der Waals surface area contributed by atoms with E-state index in [0.717, 1.165) is 0 Å². The molecule has 0 amide bonds. The number of benzene rings is 1. The quantitative estimate of drug-likeness (QED) is 0.379. The van der Waals surface area contributed by atoms with Gasteiger partial charge in [-0.1, -0.05) is 5.22 Å². The topological polar surface area (TPSA) is 72.5 Å². The van der Waals surface area contributed by atoms with Crippen LogP contribution in [-0.4, -0.2) is 19.1 Å². The summed E-state index contributed by atoms with van der Waals surface area (Å²) in [6.45, 7) is 1.64. The molecular weight excluding hydrogens is 249 g/mol. The minimum atomic E-state index is -4.86. The molecular formula is C10H11F3N4O. The number of halogens is 3. The summed E-state index contributed by atoms with van der Waals surface area (Å²) in [6, 6.07) is 4.10. The van der Waals surface area contributed by atoms with Crippen LogP contribution in [0.3, 0.4) is 0 Å². The molecule has 0 bridgehead atoms. The predicted octanol–water partition coefficient (Wildman–Crippen LogP) is 3.30. The molecule has 18 heavy (non-hydrogen) atoms. The van der Waals surface area contributed by atoms with Crippen molar-refractivity contribution in [2.24, 2.45) is 5.22 Å². The third kappa shape index (κ3) is 2.76. The van der Waals surface area contributed by atoms with Crippen molar-refractivity contribution in [1.82, 2.24) is 0 Å². The smallest absolute Gasteiger partial charge is 0.451 e. The molecule has 0 saturated heterocycles. The molecule has 1 aromatic carbocycles. The second kappa shape index (κ2) is 5.03. The number of hydrogen-bond donors (Lipinski definition) is 2. The fourth-order valence-corrected chi connectivity index (χ4v) is 1.35. The van der Waals surface area contributed by atoms with E-state index in [-0.39, 0.29) is 10.7 Å². The molecule has 0 fully saturated rings. The molecule has 0 aliphatic heterocycles. The fourth-order valence-electron chi connectivity index (χ4n) is 1.35. The highest BCUT2D eigenvalue weighted by molar-refractivity contribution is 5.98. The van der Waals surface area contributed by atoms with Crippen molar-refractivity contribution in [1.29, 1.82) is 10.9 Å². The number of anilines is 1. The molecule has 1 rings (SSSR count). The molecule has 0 aliphatic carbocycles. The molecule has 0 aliphatic rings. The van der Waals surface area contributed by atoms with Crippen LogP contribution in [-0.2, 0) is 0 Å². The summed E-state index contributed by atoms with van der Waals surface area (Å²) in [7, 11) is 1.44. The first-order valence-electron chi connectivity index (χ1n) is 4.79. The van der Waals surface area contributed by atoms with Gasteiger partial charge in [-0.2, -0.15) is 23.7 Å². The zero-order valence-electron chi connectivity index (χ0n) is 9.67. The van der Waals surface area contributed by atoms with Crippen molar-refractivity contribution in [2.45, 2.75) is 13.1 Å². The van der Waals surface area contributed by atoms with Crippen LogP contribution in [0.25, 0.3) is 0 Å². The Kier molecular flexibility index (Phi) is 3.89. The van der Waals surface area contributed by atoms with Gasteiger partial charge < -0.3 is 4.74 Å². The van der Waals surface area contributed by atoms with Gasteiger partial charge in [-0.3, -0.25) is 5.41 Å². The Morgan fingerprint density at radius 1 is 1.39 bits per heavy atom. The molecule has 98 valence electrons. The van der Waals surface area contributed by atoms with E-state index in [0.29, 0.717) is 11.3 Å². The van der Waals surface area contributed by atoms with E-state index in [9.17, 15) is 13.2 Å². The zero-order valence-corrected chi connectivity index (χ0v) is 9.67. The van der Waals surface area contributed by atoms with E-state index in [1.54, 1.807) is 6.92 Å². The summed E-state index contributed by atoms with van der Waals surface area (Å²) in [5.41, 5.74) is 7.32. The van der Waals surface area contributed by atoms with E-state index in [4.69, 9.17) is 15.7 Å². The molecule has 0 radical (unpaired) electrons. The zero-order chi connectivity index (χ0) is 13.9. The summed E-state index contributed by atoms with van der Waals surface area (Å²) >= 11 is 0. The number of nitrogens with zero attached hydrogens (tertiary/aromatic N) is 2. The number of amidine groups is 1. The lowest BCUT2D eigenvalue weighted by Crippen LogP contribution is -2.36. The maximum Gasteiger partial charge on any atom is 0.451 e. The van der Waals surface area contributed by atoms with Crippen molar-refractivity contribution in [3.05, 3.63) is 23.8 Å². The second-order valence-corrected chi connectivity index (χ2v) is 3.41. The SMILES string of the molecule is COc1ccc(N(N=N)C(=N)C(F)(F)F)cc1C. The number of ether oxygens (including phenoxy) is 1. The van der Waals surface area contributed by atoms with E-state index >= 15 is 0 Å². The fraction of sp³-hybridized carbons (Fsp3) is 0.300. The molecule has 0 heterocycles. The largest absolute Gasteiger partial charge is 0.496 e. The number of aryl methyl sites for hydroxylation is 1. The van der Waals surface area contributed by atoms with Crippen LogP contribution in [0.5, 0.6) is 5.75 Å². The minimum absolute atomic E-state index is 0.0226. The lowest BCUT2D eigenvalue weighted by molar-refractivity contribution is -0.0610. The van der Waals surface area contributed by atoms with Gasteiger partial charge in [0.1, 0.15) is 5.75 Å². The second-order valence-electron chi connectivity index (χ2n) is 3.41. The maximum atomic E-state index is 12.4. The average Bonchev–Trinajstić information content (AvgIpc) is 2.29. The molecule has 5 nitrogen and oxygen atoms in total. The lowest BCUT2D eigenvalue weighted by atomic mass is 10.2. The highest BCUT2D eigenvalue weighted by Gasteiger charge is 2.39. The summed E-state index contributed by atoms with van der Waals surface area (Å²) in [5.74, 6) is -1.22. The standard InChI is InChI=1S/C10H11F3N4O/c1-6-5-7(3-4-8(6)18-2)17(16-15)9(14)10(11,12)13/h3-5,14-15H,1-2H3. The highest BCUT2D eigenvalue weighted by atomic mass is 19.4. The summed E-state index contributed by atoms with van der Waals surface area (Å²) in [5, 5.41) is 9.88. The van der Waals surface area contributed by atoms with Gasteiger partial charge >= 0.3 is 6.18 Å². The molecule has 0 atom stereocenters. The molecule has 0 saturated carbocycles. The van der Waals surface area contributed by atoms with Crippen LogP contribution >= 0.6 is 0 Å². The minimum Gasteiger partial charge on any atom is -0.496 e. The lowest BCUT2D eigenvalue weighted by Gasteiger charge is -2.20. The number of hydrogen-bond acceptors (Lipinski definition) is 4. The van der Waals surface area contributed by atoms with Crippen molar-refractivity contribution in [2.75, 3.05) is 12.1 Å². The Bertz CT molecular complexity index is 473. The van der Waals surface area contributed by atoms with Crippen molar-refractivity contribution in [3.8, 4) is 5.75 Å². The van der Waals surface area contributed by atoms with Gasteiger partial charge in [-0.05, 0) is 30.7 Å². The van der Waals surface area contributed by atoms with E-state index in [2.05, 4.69) is 5.22 Å². The maximum absolute atomic E-state index is 12.4. The van der Waals surface area contributed by atoms with Gasteiger partial charge in [0.05, 0.1) is 12.8 Å². The van der Waals surface area contributed by atoms with Gasteiger partial charge in [0, 0.05) is 0 Å². The third-order valence-electron chi connectivity index (χ3n) is 2.20. The molecule has 0 unspecified atom stereocenters. The van der Waals surface area contributed by atoms with Gasteiger partial charge in [-0.15, -0.1) is 0 Å². The van der Waals surface area contributed by atoms with Crippen LogP contribution in [0, 0.1) is 17.9 Å². The Morgan fingerprint density at radius 2 is 2.00 bits per heavy atom. The van der Waals surface area contributed by atoms with E-state index in [1.165, 1.54) is 25.3 Å². The monoisotopic (exact) mass is 260 g/mol. The Balaban J connectivity index is 3.14. The van der Waals surface area contributed by atoms with Crippen molar-refractivity contribution >= 4 is 11.5 Å². The Hall–Kier alpha value is -2.12. The number of alkyl halides is 3. The summed E-state index contributed by atoms with van der Waals surface area (Å²) in [6.07, 6.45) is -4.86. The number of nitrogens with one attached hydrogen (secondary N) is 2. The first kappa shape index (κ1) is 13.9. The van der Waals surface area contributed by atoms with Gasteiger partial charge in [0.2, 0.25) is 5.84 Å². The molecule has 2 N–H and O–H groups in total. The van der Waals surface area contributed by atoms with Crippen LogP contribution in [0.2, 0.25) is 0 Å². The molecule has 1 aromatic rings. The van der Waals surface area contributed by atoms with Gasteiger partial charge in [0.25, 0.3) is 0 Å². The predicted molar refractivity (Wildman–Crippen MR) is 59.1 cm³/mol. The first-order valence-corrected chi connectivity index (χ1v) is 4.79. The summed E-state index contributed by atoms with van der Waals surface area (Å²) < 4.78 is 42.1. The van der Waals surface area contributed by atoms with Crippen LogP contribution in [0.4, 0.5) is 18.9 Å². The molecule has 0 spiro atoms. The summed E-state index contributed by atoms with van der Waals surface area (Å²) in [4.78, 5) is 0. The van der Waals surface area contributed by atoms with Crippen LogP contribution in [0.1, 0.15) is 5.56 Å². The van der Waals surface area contributed by atoms with Crippen LogP contribution in [0.15, 0.2) is 23.4 Å².